The van der Waals surface area contributed by atoms with Crippen LogP contribution >= 0.6 is 15.9 Å². The van der Waals surface area contributed by atoms with Gasteiger partial charge in [-0.05, 0) is 30.7 Å². The molecular weight excluding hydrogens is 290 g/mol. The Balaban J connectivity index is 2.44. The van der Waals surface area contributed by atoms with Crippen molar-refractivity contribution >= 4 is 15.9 Å². The third-order valence-electron chi connectivity index (χ3n) is 2.97. The maximum Gasteiger partial charge on any atom is 0.0839 e. The second-order valence-electron chi connectivity index (χ2n) is 4.38. The molecule has 1 aromatic carbocycles. The van der Waals surface area contributed by atoms with Crippen LogP contribution in [0.15, 0.2) is 34.9 Å². The zero-order chi connectivity index (χ0) is 13.1. The largest absolute Gasteiger partial charge is 0.305 e. The lowest BCUT2D eigenvalue weighted by Crippen LogP contribution is -2.23. The maximum atomic E-state index is 4.51. The second-order valence-corrected chi connectivity index (χ2v) is 5.18. The number of rotatable bonds is 4. The van der Waals surface area contributed by atoms with Gasteiger partial charge in [0.2, 0.25) is 0 Å². The number of hydrogen-bond donors (Lipinski definition) is 1. The summed E-state index contributed by atoms with van der Waals surface area (Å²) in [6.07, 6.45) is 1.98. The van der Waals surface area contributed by atoms with Crippen LogP contribution in [0.25, 0.3) is 0 Å². The fraction of sp³-hybridized carbons (Fsp3) is 0.357. The molecule has 0 amide bonds. The van der Waals surface area contributed by atoms with Crippen molar-refractivity contribution in [3.8, 4) is 0 Å². The van der Waals surface area contributed by atoms with Gasteiger partial charge in [0, 0.05) is 17.7 Å². The van der Waals surface area contributed by atoms with E-state index in [0.29, 0.717) is 0 Å². The molecule has 1 atom stereocenters. The topological polar surface area (TPSA) is 29.9 Å². The average Bonchev–Trinajstić information content (AvgIpc) is 2.77. The molecule has 1 aromatic heterocycles. The van der Waals surface area contributed by atoms with E-state index in [1.165, 1.54) is 11.1 Å². The number of nitrogens with one attached hydrogen (secondary N) is 1. The van der Waals surface area contributed by atoms with Crippen LogP contribution < -0.4 is 5.32 Å². The van der Waals surface area contributed by atoms with Gasteiger partial charge in [-0.25, -0.2) is 0 Å². The highest BCUT2D eigenvalue weighted by Gasteiger charge is 2.18. The van der Waals surface area contributed by atoms with Gasteiger partial charge >= 0.3 is 0 Å². The number of benzene rings is 1. The molecule has 0 aliphatic heterocycles. The van der Waals surface area contributed by atoms with Gasteiger partial charge in [-0.2, -0.15) is 5.10 Å². The summed E-state index contributed by atoms with van der Waals surface area (Å²) < 4.78 is 2.99. The Bertz CT molecular complexity index is 534. The van der Waals surface area contributed by atoms with E-state index in [9.17, 15) is 0 Å². The quantitative estimate of drug-likeness (QED) is 0.940. The van der Waals surface area contributed by atoms with E-state index in [2.05, 4.69) is 64.5 Å². The highest BCUT2D eigenvalue weighted by atomic mass is 79.9. The van der Waals surface area contributed by atoms with Crippen LogP contribution in [0.4, 0.5) is 0 Å². The lowest BCUT2D eigenvalue weighted by Gasteiger charge is -2.18. The van der Waals surface area contributed by atoms with E-state index >= 15 is 0 Å². The van der Waals surface area contributed by atoms with Gasteiger partial charge in [-0.1, -0.05) is 41.1 Å². The molecule has 0 saturated carbocycles. The van der Waals surface area contributed by atoms with Crippen molar-refractivity contribution in [1.82, 2.24) is 15.1 Å². The fourth-order valence-electron chi connectivity index (χ4n) is 2.06. The first kappa shape index (κ1) is 13.3. The number of hydrogen-bond acceptors (Lipinski definition) is 2. The Labute approximate surface area is 116 Å². The van der Waals surface area contributed by atoms with E-state index in [-0.39, 0.29) is 6.04 Å². The van der Waals surface area contributed by atoms with E-state index in [1.54, 1.807) is 0 Å². The minimum Gasteiger partial charge on any atom is -0.305 e. The lowest BCUT2D eigenvalue weighted by atomic mass is 10.0. The van der Waals surface area contributed by atoms with E-state index in [4.69, 9.17) is 0 Å². The van der Waals surface area contributed by atoms with Crippen molar-refractivity contribution in [2.75, 3.05) is 6.54 Å². The van der Waals surface area contributed by atoms with Crippen LogP contribution in [0.2, 0.25) is 0 Å². The van der Waals surface area contributed by atoms with Gasteiger partial charge in [-0.15, -0.1) is 0 Å². The number of aromatic nitrogens is 2. The fourth-order valence-corrected chi connectivity index (χ4v) is 2.55. The van der Waals surface area contributed by atoms with Gasteiger partial charge in [0.15, 0.2) is 0 Å². The van der Waals surface area contributed by atoms with E-state index in [1.807, 2.05) is 17.9 Å². The third-order valence-corrected chi connectivity index (χ3v) is 4.05. The normalized spacial score (nSPS) is 12.7. The van der Waals surface area contributed by atoms with Crippen molar-refractivity contribution in [2.45, 2.75) is 19.9 Å². The predicted octanol–water partition coefficient (Wildman–Crippen LogP) is 3.19. The summed E-state index contributed by atoms with van der Waals surface area (Å²) >= 11 is 3.68. The van der Waals surface area contributed by atoms with Crippen LogP contribution in [0, 0.1) is 6.92 Å². The second kappa shape index (κ2) is 5.67. The standard InChI is InChI=1S/C14H18BrN3/c1-4-16-14(12-8-9-18(3)17-12)11-7-5-6-10(2)13(11)15/h5-9,14,16H,4H2,1-3H3. The summed E-state index contributed by atoms with van der Waals surface area (Å²) in [6, 6.07) is 8.52. The molecule has 1 heterocycles. The minimum atomic E-state index is 0.130. The molecule has 4 heteroatoms. The molecule has 1 unspecified atom stereocenters. The first-order chi connectivity index (χ1) is 8.63. The van der Waals surface area contributed by atoms with Crippen LogP contribution in [0.5, 0.6) is 0 Å². The van der Waals surface area contributed by atoms with Gasteiger partial charge in [0.1, 0.15) is 0 Å². The van der Waals surface area contributed by atoms with Crippen molar-refractivity contribution in [3.05, 3.63) is 51.8 Å². The predicted molar refractivity (Wildman–Crippen MR) is 77.6 cm³/mol. The Morgan fingerprint density at radius 1 is 1.39 bits per heavy atom. The van der Waals surface area contributed by atoms with Gasteiger partial charge in [-0.3, -0.25) is 4.68 Å². The van der Waals surface area contributed by atoms with Gasteiger partial charge in [0.25, 0.3) is 0 Å². The Kier molecular flexibility index (Phi) is 4.19. The lowest BCUT2D eigenvalue weighted by molar-refractivity contribution is 0.597. The Morgan fingerprint density at radius 3 is 2.78 bits per heavy atom. The average molecular weight is 308 g/mol. The van der Waals surface area contributed by atoms with Gasteiger partial charge in [0.05, 0.1) is 11.7 Å². The molecule has 0 saturated heterocycles. The molecule has 0 aliphatic rings. The molecule has 18 heavy (non-hydrogen) atoms. The van der Waals surface area contributed by atoms with Crippen LogP contribution in [0.1, 0.15) is 29.8 Å². The van der Waals surface area contributed by atoms with Crippen molar-refractivity contribution in [2.24, 2.45) is 7.05 Å². The molecule has 0 radical (unpaired) electrons. The maximum absolute atomic E-state index is 4.51. The number of aryl methyl sites for hydroxylation is 2. The SMILES string of the molecule is CCNC(c1ccn(C)n1)c1cccc(C)c1Br. The van der Waals surface area contributed by atoms with Gasteiger partial charge < -0.3 is 5.32 Å². The molecular formula is C14H18BrN3. The number of nitrogens with zero attached hydrogens (tertiary/aromatic N) is 2. The highest BCUT2D eigenvalue weighted by Crippen LogP contribution is 2.29. The summed E-state index contributed by atoms with van der Waals surface area (Å²) in [5, 5.41) is 8.00. The van der Waals surface area contributed by atoms with E-state index in [0.717, 1.165) is 16.7 Å². The monoisotopic (exact) mass is 307 g/mol. The van der Waals surface area contributed by atoms with Crippen molar-refractivity contribution in [1.29, 1.82) is 0 Å². The molecule has 0 aliphatic carbocycles. The van der Waals surface area contributed by atoms with Crippen molar-refractivity contribution < 1.29 is 0 Å². The molecule has 2 aromatic rings. The highest BCUT2D eigenvalue weighted by molar-refractivity contribution is 9.10. The molecule has 0 bridgehead atoms. The summed E-state index contributed by atoms with van der Waals surface area (Å²) in [7, 11) is 1.94. The smallest absolute Gasteiger partial charge is 0.0839 e. The third kappa shape index (κ3) is 2.65. The van der Waals surface area contributed by atoms with Crippen LogP contribution in [-0.2, 0) is 7.05 Å². The van der Waals surface area contributed by atoms with E-state index < -0.39 is 0 Å². The zero-order valence-corrected chi connectivity index (χ0v) is 12.5. The summed E-state index contributed by atoms with van der Waals surface area (Å²) in [5.41, 5.74) is 3.52. The first-order valence-electron chi connectivity index (χ1n) is 6.11. The molecule has 0 spiro atoms. The first-order valence-corrected chi connectivity index (χ1v) is 6.90. The van der Waals surface area contributed by atoms with Crippen LogP contribution in [0.3, 0.4) is 0 Å². The summed E-state index contributed by atoms with van der Waals surface area (Å²) in [4.78, 5) is 0. The minimum absolute atomic E-state index is 0.130. The molecule has 1 N–H and O–H groups in total. The summed E-state index contributed by atoms with van der Waals surface area (Å²) in [6.45, 7) is 5.12. The molecule has 0 fully saturated rings. The summed E-state index contributed by atoms with van der Waals surface area (Å²) in [5.74, 6) is 0. The molecule has 2 rings (SSSR count). The number of halogens is 1. The Morgan fingerprint density at radius 2 is 2.17 bits per heavy atom. The molecule has 96 valence electrons. The molecule has 3 nitrogen and oxygen atoms in total. The van der Waals surface area contributed by atoms with Crippen molar-refractivity contribution in [3.63, 3.8) is 0 Å². The van der Waals surface area contributed by atoms with Crippen LogP contribution in [-0.4, -0.2) is 16.3 Å². The Hall–Kier alpha value is -1.13. The zero-order valence-electron chi connectivity index (χ0n) is 10.9.